The van der Waals surface area contributed by atoms with Crippen LogP contribution in [-0.4, -0.2) is 29.0 Å². The summed E-state index contributed by atoms with van der Waals surface area (Å²) in [5, 5.41) is 2.63. The second-order valence-electron chi connectivity index (χ2n) is 6.69. The van der Waals surface area contributed by atoms with E-state index in [0.29, 0.717) is 11.0 Å². The first-order valence-corrected chi connectivity index (χ1v) is 9.44. The molecule has 0 spiro atoms. The van der Waals surface area contributed by atoms with Crippen LogP contribution in [0.4, 0.5) is 14.9 Å². The summed E-state index contributed by atoms with van der Waals surface area (Å²) >= 11 is 3.20. The van der Waals surface area contributed by atoms with Crippen molar-refractivity contribution in [2.45, 2.75) is 32.2 Å². The predicted octanol–water partition coefficient (Wildman–Crippen LogP) is 4.89. The van der Waals surface area contributed by atoms with Gasteiger partial charge < -0.3 is 0 Å². The zero-order valence-corrected chi connectivity index (χ0v) is 16.1. The van der Waals surface area contributed by atoms with Gasteiger partial charge in [-0.1, -0.05) is 46.3 Å². The summed E-state index contributed by atoms with van der Waals surface area (Å²) in [4.78, 5) is 26.2. The van der Waals surface area contributed by atoms with Crippen LogP contribution in [0.2, 0.25) is 0 Å². The van der Waals surface area contributed by atoms with Gasteiger partial charge in [0.25, 0.3) is 0 Å². The molecule has 0 bridgehead atoms. The summed E-state index contributed by atoms with van der Waals surface area (Å²) in [6.45, 7) is 2.35. The SMILES string of the molecule is C[C@@H]1CCC[N+]1(C(=O)Cc1ccccc1)C(=O)Nc1ccc(Br)cc1F. The van der Waals surface area contributed by atoms with E-state index in [9.17, 15) is 14.0 Å². The summed E-state index contributed by atoms with van der Waals surface area (Å²) in [5.74, 6) is -0.690. The number of likely N-dealkylation sites (tertiary alicyclic amines) is 1. The van der Waals surface area contributed by atoms with Gasteiger partial charge in [0.05, 0.1) is 18.7 Å². The Morgan fingerprint density at radius 3 is 2.58 bits per heavy atom. The lowest BCUT2D eigenvalue weighted by molar-refractivity contribution is -0.782. The molecule has 4 nitrogen and oxygen atoms in total. The van der Waals surface area contributed by atoms with Crippen LogP contribution in [0.15, 0.2) is 53.0 Å². The molecule has 1 saturated heterocycles. The van der Waals surface area contributed by atoms with Gasteiger partial charge in [0.1, 0.15) is 11.9 Å². The molecule has 26 heavy (non-hydrogen) atoms. The minimum Gasteiger partial charge on any atom is -0.272 e. The summed E-state index contributed by atoms with van der Waals surface area (Å²) in [6, 6.07) is 13.2. The van der Waals surface area contributed by atoms with Gasteiger partial charge in [0, 0.05) is 17.3 Å². The van der Waals surface area contributed by atoms with Crippen molar-refractivity contribution < 1.29 is 18.5 Å². The zero-order valence-electron chi connectivity index (χ0n) is 14.5. The molecular weight excluding hydrogens is 399 g/mol. The molecule has 3 rings (SSSR count). The number of benzene rings is 2. The Kier molecular flexibility index (Phi) is 5.53. The fraction of sp³-hybridized carbons (Fsp3) is 0.300. The molecule has 1 aliphatic heterocycles. The van der Waals surface area contributed by atoms with Crippen molar-refractivity contribution in [1.82, 2.24) is 0 Å². The van der Waals surface area contributed by atoms with E-state index >= 15 is 0 Å². The molecule has 1 heterocycles. The van der Waals surface area contributed by atoms with Crippen LogP contribution in [0, 0.1) is 5.82 Å². The van der Waals surface area contributed by atoms with E-state index in [4.69, 9.17) is 0 Å². The fourth-order valence-corrected chi connectivity index (χ4v) is 3.91. The van der Waals surface area contributed by atoms with E-state index in [1.807, 2.05) is 37.3 Å². The number of carbonyl (C=O) groups excluding carboxylic acids is 2. The van der Waals surface area contributed by atoms with Crippen LogP contribution in [0.1, 0.15) is 25.3 Å². The predicted molar refractivity (Wildman–Crippen MR) is 102 cm³/mol. The second kappa shape index (κ2) is 7.68. The minimum absolute atomic E-state index is 0.0855. The monoisotopic (exact) mass is 419 g/mol. The van der Waals surface area contributed by atoms with Gasteiger partial charge >= 0.3 is 11.9 Å². The molecule has 0 aliphatic carbocycles. The Bertz CT molecular complexity index is 828. The molecule has 136 valence electrons. The molecule has 6 heteroatoms. The molecule has 0 aromatic heterocycles. The number of anilines is 1. The molecule has 2 aromatic rings. The van der Waals surface area contributed by atoms with Crippen molar-refractivity contribution in [3.8, 4) is 0 Å². The Labute approximate surface area is 160 Å². The number of imide groups is 1. The molecule has 2 aromatic carbocycles. The van der Waals surface area contributed by atoms with Gasteiger partial charge in [-0.25, -0.2) is 14.0 Å². The van der Waals surface area contributed by atoms with Gasteiger partial charge in [-0.05, 0) is 30.7 Å². The van der Waals surface area contributed by atoms with Gasteiger partial charge in [-0.2, -0.15) is 4.48 Å². The van der Waals surface area contributed by atoms with Crippen LogP contribution < -0.4 is 5.32 Å². The third-order valence-electron chi connectivity index (χ3n) is 5.06. The molecule has 0 radical (unpaired) electrons. The maximum absolute atomic E-state index is 14.1. The highest BCUT2D eigenvalue weighted by Crippen LogP contribution is 2.31. The van der Waals surface area contributed by atoms with Crippen molar-refractivity contribution in [1.29, 1.82) is 0 Å². The van der Waals surface area contributed by atoms with Gasteiger partial charge in [-0.3, -0.25) is 5.32 Å². The zero-order chi connectivity index (χ0) is 18.7. The van der Waals surface area contributed by atoms with Crippen molar-refractivity contribution in [2.24, 2.45) is 0 Å². The first kappa shape index (κ1) is 18.7. The van der Waals surface area contributed by atoms with Crippen LogP contribution in [0.25, 0.3) is 0 Å². The van der Waals surface area contributed by atoms with Crippen molar-refractivity contribution in [3.05, 3.63) is 64.4 Å². The molecule has 1 aliphatic rings. The Balaban J connectivity index is 1.87. The lowest BCUT2D eigenvalue weighted by Gasteiger charge is -2.33. The third kappa shape index (κ3) is 3.57. The molecule has 2 atom stereocenters. The second-order valence-corrected chi connectivity index (χ2v) is 7.61. The molecule has 1 fully saturated rings. The fourth-order valence-electron chi connectivity index (χ4n) is 3.58. The molecule has 1 N–H and O–H groups in total. The quantitative estimate of drug-likeness (QED) is 0.719. The van der Waals surface area contributed by atoms with Crippen molar-refractivity contribution in [2.75, 3.05) is 11.9 Å². The van der Waals surface area contributed by atoms with E-state index in [-0.39, 0.29) is 28.5 Å². The summed E-state index contributed by atoms with van der Waals surface area (Å²) in [6.07, 6.45) is 1.76. The number of urea groups is 1. The average molecular weight is 420 g/mol. The Morgan fingerprint density at radius 2 is 1.96 bits per heavy atom. The van der Waals surface area contributed by atoms with E-state index in [1.54, 1.807) is 6.07 Å². The van der Waals surface area contributed by atoms with Gasteiger partial charge in [0.15, 0.2) is 0 Å². The number of nitrogens with zero attached hydrogens (tertiary/aromatic N) is 1. The molecule has 3 amide bonds. The van der Waals surface area contributed by atoms with Gasteiger partial charge in [-0.15, -0.1) is 0 Å². The molecule has 1 unspecified atom stereocenters. The van der Waals surface area contributed by atoms with Crippen LogP contribution in [0.5, 0.6) is 0 Å². The van der Waals surface area contributed by atoms with Gasteiger partial charge in [0.2, 0.25) is 0 Å². The summed E-state index contributed by atoms with van der Waals surface area (Å²) in [7, 11) is 0. The van der Waals surface area contributed by atoms with Crippen LogP contribution >= 0.6 is 15.9 Å². The minimum atomic E-state index is -0.534. The summed E-state index contributed by atoms with van der Waals surface area (Å²) < 4.78 is 14.4. The Morgan fingerprint density at radius 1 is 1.23 bits per heavy atom. The first-order chi connectivity index (χ1) is 12.4. The number of hydrogen-bond acceptors (Lipinski definition) is 2. The topological polar surface area (TPSA) is 46.2 Å². The largest absolute Gasteiger partial charge is 0.428 e. The number of halogens is 2. The third-order valence-corrected chi connectivity index (χ3v) is 5.56. The smallest absolute Gasteiger partial charge is 0.272 e. The van der Waals surface area contributed by atoms with E-state index in [1.165, 1.54) is 12.1 Å². The van der Waals surface area contributed by atoms with E-state index in [2.05, 4.69) is 21.2 Å². The highest BCUT2D eigenvalue weighted by atomic mass is 79.9. The lowest BCUT2D eigenvalue weighted by Crippen LogP contribution is -2.61. The first-order valence-electron chi connectivity index (χ1n) is 8.65. The highest BCUT2D eigenvalue weighted by molar-refractivity contribution is 9.10. The van der Waals surface area contributed by atoms with E-state index < -0.39 is 11.8 Å². The number of hydrogen-bond donors (Lipinski definition) is 1. The van der Waals surface area contributed by atoms with Crippen molar-refractivity contribution in [3.63, 3.8) is 0 Å². The standard InChI is InChI=1S/C20H20BrFN2O2/c1-14-6-5-11-24(14,19(25)12-15-7-3-2-4-8-15)20(26)23-18-10-9-16(21)13-17(18)22/h2-4,7-10,13-14H,5-6,11-12H2,1H3/p+1/t14-,24?/m1/s1. The number of quaternary nitrogens is 1. The van der Waals surface area contributed by atoms with Crippen molar-refractivity contribution >= 4 is 33.6 Å². The number of nitrogens with one attached hydrogen (secondary N) is 1. The molecular formula is C20H21BrFN2O2+. The average Bonchev–Trinajstić information content (AvgIpc) is 3.01. The number of carbonyl (C=O) groups is 2. The van der Waals surface area contributed by atoms with Crippen LogP contribution in [0.3, 0.4) is 0 Å². The highest BCUT2D eigenvalue weighted by Gasteiger charge is 2.52. The molecule has 0 saturated carbocycles. The lowest BCUT2D eigenvalue weighted by atomic mass is 10.1. The maximum atomic E-state index is 14.1. The Hall–Kier alpha value is -2.05. The summed E-state index contributed by atoms with van der Waals surface area (Å²) in [5.41, 5.74) is 0.957. The van der Waals surface area contributed by atoms with Crippen LogP contribution in [-0.2, 0) is 11.2 Å². The number of rotatable bonds is 3. The normalized spacial score (nSPS) is 22.2. The van der Waals surface area contributed by atoms with E-state index in [0.717, 1.165) is 18.4 Å². The number of amides is 3. The maximum Gasteiger partial charge on any atom is 0.428 e.